The Morgan fingerprint density at radius 1 is 1.32 bits per heavy atom. The summed E-state index contributed by atoms with van der Waals surface area (Å²) in [6.07, 6.45) is 5.12. The van der Waals surface area contributed by atoms with Gasteiger partial charge in [-0.3, -0.25) is 9.59 Å². The standard InChI is InChI=1S/C15H23N5O2/c1-9-12(8-19-15(16)20-9)14(22)18-7-10-3-5-11(6-4-10)13(21)17-2/h8,10-11H,3-7H2,1-2H3,(H,17,21)(H,18,22)(H2,16,19,20). The van der Waals surface area contributed by atoms with Crippen molar-refractivity contribution in [2.75, 3.05) is 19.3 Å². The Labute approximate surface area is 130 Å². The number of nitrogens with zero attached hydrogens (tertiary/aromatic N) is 2. The van der Waals surface area contributed by atoms with E-state index < -0.39 is 0 Å². The van der Waals surface area contributed by atoms with Crippen LogP contribution in [0.3, 0.4) is 0 Å². The third kappa shape index (κ3) is 3.93. The summed E-state index contributed by atoms with van der Waals surface area (Å²) in [6, 6.07) is 0. The SMILES string of the molecule is CNC(=O)C1CCC(CNC(=O)c2cnc(N)nc2C)CC1. The lowest BCUT2D eigenvalue weighted by Gasteiger charge is -2.27. The summed E-state index contributed by atoms with van der Waals surface area (Å²) in [4.78, 5) is 31.6. The van der Waals surface area contributed by atoms with Gasteiger partial charge in [0.25, 0.3) is 5.91 Å². The van der Waals surface area contributed by atoms with E-state index in [1.54, 1.807) is 14.0 Å². The van der Waals surface area contributed by atoms with Crippen LogP contribution in [0.1, 0.15) is 41.7 Å². The first kappa shape index (κ1) is 16.2. The van der Waals surface area contributed by atoms with Gasteiger partial charge in [-0.05, 0) is 38.5 Å². The quantitative estimate of drug-likeness (QED) is 0.756. The maximum absolute atomic E-state index is 12.1. The Balaban J connectivity index is 1.81. The van der Waals surface area contributed by atoms with E-state index in [-0.39, 0.29) is 23.7 Å². The molecule has 0 radical (unpaired) electrons. The highest BCUT2D eigenvalue weighted by Gasteiger charge is 2.26. The molecule has 7 heteroatoms. The van der Waals surface area contributed by atoms with Crippen LogP contribution < -0.4 is 16.4 Å². The van der Waals surface area contributed by atoms with Gasteiger partial charge in [-0.1, -0.05) is 0 Å². The van der Waals surface area contributed by atoms with E-state index in [2.05, 4.69) is 20.6 Å². The number of nitrogens with two attached hydrogens (primary N) is 1. The number of hydrogen-bond acceptors (Lipinski definition) is 5. The van der Waals surface area contributed by atoms with Crippen molar-refractivity contribution in [3.63, 3.8) is 0 Å². The molecule has 1 aromatic heterocycles. The lowest BCUT2D eigenvalue weighted by atomic mass is 9.81. The summed E-state index contributed by atoms with van der Waals surface area (Å²) in [6.45, 7) is 2.35. The fraction of sp³-hybridized carbons (Fsp3) is 0.600. The van der Waals surface area contributed by atoms with Gasteiger partial charge in [0.15, 0.2) is 0 Å². The molecular weight excluding hydrogens is 282 g/mol. The van der Waals surface area contributed by atoms with Gasteiger partial charge in [0.2, 0.25) is 11.9 Å². The van der Waals surface area contributed by atoms with Gasteiger partial charge in [0, 0.05) is 25.7 Å². The largest absolute Gasteiger partial charge is 0.368 e. The Morgan fingerprint density at radius 3 is 2.59 bits per heavy atom. The minimum Gasteiger partial charge on any atom is -0.368 e. The Kier molecular flexibility index (Phi) is 5.30. The molecule has 0 unspecified atom stereocenters. The highest BCUT2D eigenvalue weighted by atomic mass is 16.2. The monoisotopic (exact) mass is 305 g/mol. The average Bonchev–Trinajstić information content (AvgIpc) is 2.52. The number of nitrogens with one attached hydrogen (secondary N) is 2. The fourth-order valence-electron chi connectivity index (χ4n) is 2.87. The Hall–Kier alpha value is -2.18. The number of rotatable bonds is 4. The van der Waals surface area contributed by atoms with E-state index in [4.69, 9.17) is 5.73 Å². The molecule has 1 saturated carbocycles. The zero-order valence-electron chi connectivity index (χ0n) is 13.1. The van der Waals surface area contributed by atoms with Crippen LogP contribution in [0, 0.1) is 18.8 Å². The number of nitrogen functional groups attached to an aromatic ring is 1. The molecule has 120 valence electrons. The Morgan fingerprint density at radius 2 is 2.00 bits per heavy atom. The van der Waals surface area contributed by atoms with E-state index in [0.717, 1.165) is 25.7 Å². The number of carbonyl (C=O) groups is 2. The molecule has 2 amide bonds. The van der Waals surface area contributed by atoms with E-state index in [1.165, 1.54) is 6.20 Å². The molecule has 0 bridgehead atoms. The van der Waals surface area contributed by atoms with Crippen LogP contribution >= 0.6 is 0 Å². The van der Waals surface area contributed by atoms with Gasteiger partial charge in [-0.15, -0.1) is 0 Å². The first-order valence-corrected chi connectivity index (χ1v) is 7.60. The van der Waals surface area contributed by atoms with Crippen molar-refractivity contribution in [2.24, 2.45) is 11.8 Å². The number of aryl methyl sites for hydroxylation is 1. The maximum atomic E-state index is 12.1. The molecule has 0 saturated heterocycles. The average molecular weight is 305 g/mol. The van der Waals surface area contributed by atoms with E-state index >= 15 is 0 Å². The first-order valence-electron chi connectivity index (χ1n) is 7.60. The molecule has 0 atom stereocenters. The minimum absolute atomic E-state index is 0.115. The number of hydrogen-bond donors (Lipinski definition) is 3. The summed E-state index contributed by atoms with van der Waals surface area (Å²) < 4.78 is 0. The number of carbonyl (C=O) groups excluding carboxylic acids is 2. The molecule has 1 heterocycles. The highest BCUT2D eigenvalue weighted by molar-refractivity contribution is 5.94. The van der Waals surface area contributed by atoms with Crippen molar-refractivity contribution >= 4 is 17.8 Å². The van der Waals surface area contributed by atoms with Crippen molar-refractivity contribution in [3.05, 3.63) is 17.5 Å². The Bertz CT molecular complexity index is 553. The number of anilines is 1. The van der Waals surface area contributed by atoms with Crippen molar-refractivity contribution < 1.29 is 9.59 Å². The third-order valence-electron chi connectivity index (χ3n) is 4.26. The predicted octanol–water partition coefficient (Wildman–Crippen LogP) is 0.649. The summed E-state index contributed by atoms with van der Waals surface area (Å²) >= 11 is 0. The van der Waals surface area contributed by atoms with E-state index in [9.17, 15) is 9.59 Å². The zero-order chi connectivity index (χ0) is 16.1. The van der Waals surface area contributed by atoms with Gasteiger partial charge in [-0.25, -0.2) is 9.97 Å². The van der Waals surface area contributed by atoms with Crippen LogP contribution in [0.15, 0.2) is 6.20 Å². The number of aromatic nitrogens is 2. The first-order chi connectivity index (χ1) is 10.5. The summed E-state index contributed by atoms with van der Waals surface area (Å²) in [5, 5.41) is 5.63. The fourth-order valence-corrected chi connectivity index (χ4v) is 2.87. The number of amides is 2. The lowest BCUT2D eigenvalue weighted by molar-refractivity contribution is -0.125. The topological polar surface area (TPSA) is 110 Å². The molecular formula is C15H23N5O2. The van der Waals surface area contributed by atoms with E-state index in [1.807, 2.05) is 0 Å². The summed E-state index contributed by atoms with van der Waals surface area (Å²) in [5.74, 6) is 0.647. The van der Waals surface area contributed by atoms with Crippen LogP contribution in [-0.4, -0.2) is 35.4 Å². The second-order valence-corrected chi connectivity index (χ2v) is 5.77. The molecule has 0 spiro atoms. The van der Waals surface area contributed by atoms with Crippen molar-refractivity contribution in [1.82, 2.24) is 20.6 Å². The molecule has 7 nitrogen and oxygen atoms in total. The summed E-state index contributed by atoms with van der Waals surface area (Å²) in [7, 11) is 1.67. The molecule has 1 aliphatic carbocycles. The van der Waals surface area contributed by atoms with Gasteiger partial charge < -0.3 is 16.4 Å². The highest BCUT2D eigenvalue weighted by Crippen LogP contribution is 2.28. The normalized spacial score (nSPS) is 21.2. The van der Waals surface area contributed by atoms with Gasteiger partial charge >= 0.3 is 0 Å². The van der Waals surface area contributed by atoms with Gasteiger partial charge in [0.05, 0.1) is 11.3 Å². The van der Waals surface area contributed by atoms with Crippen LogP contribution in [-0.2, 0) is 4.79 Å². The second-order valence-electron chi connectivity index (χ2n) is 5.77. The van der Waals surface area contributed by atoms with Crippen LogP contribution in [0.4, 0.5) is 5.95 Å². The molecule has 22 heavy (non-hydrogen) atoms. The zero-order valence-corrected chi connectivity index (χ0v) is 13.1. The van der Waals surface area contributed by atoms with Gasteiger partial charge in [-0.2, -0.15) is 0 Å². The molecule has 0 aliphatic heterocycles. The predicted molar refractivity (Wildman–Crippen MR) is 83.0 cm³/mol. The molecule has 1 aliphatic rings. The van der Waals surface area contributed by atoms with E-state index in [0.29, 0.717) is 23.7 Å². The third-order valence-corrected chi connectivity index (χ3v) is 4.26. The lowest BCUT2D eigenvalue weighted by Crippen LogP contribution is -2.35. The van der Waals surface area contributed by atoms with Crippen molar-refractivity contribution in [2.45, 2.75) is 32.6 Å². The molecule has 1 aromatic rings. The molecule has 2 rings (SSSR count). The second kappa shape index (κ2) is 7.20. The van der Waals surface area contributed by atoms with Crippen LogP contribution in [0.5, 0.6) is 0 Å². The van der Waals surface area contributed by atoms with Crippen molar-refractivity contribution in [3.8, 4) is 0 Å². The maximum Gasteiger partial charge on any atom is 0.254 e. The smallest absolute Gasteiger partial charge is 0.254 e. The van der Waals surface area contributed by atoms with Crippen LogP contribution in [0.25, 0.3) is 0 Å². The van der Waals surface area contributed by atoms with Crippen LogP contribution in [0.2, 0.25) is 0 Å². The minimum atomic E-state index is -0.175. The molecule has 0 aromatic carbocycles. The van der Waals surface area contributed by atoms with Gasteiger partial charge in [0.1, 0.15) is 0 Å². The summed E-state index contributed by atoms with van der Waals surface area (Å²) in [5.41, 5.74) is 6.51. The molecule has 1 fully saturated rings. The van der Waals surface area contributed by atoms with Crippen molar-refractivity contribution in [1.29, 1.82) is 0 Å². The molecule has 4 N–H and O–H groups in total.